The standard InChI is InChI=1S/C13H18N2/c1-9(2)15-12(8-14)13-10(3)6-5-7-11(13)4/h5-7,9,12,15H,1-4H3. The normalized spacial score (nSPS) is 12.5. The van der Waals surface area contributed by atoms with Gasteiger partial charge in [0.25, 0.3) is 0 Å². The quantitative estimate of drug-likeness (QED) is 0.818. The third kappa shape index (κ3) is 2.81. The van der Waals surface area contributed by atoms with Crippen LogP contribution in [0.25, 0.3) is 0 Å². The van der Waals surface area contributed by atoms with E-state index in [1.807, 2.05) is 6.07 Å². The smallest absolute Gasteiger partial charge is 0.122 e. The Balaban J connectivity index is 3.08. The number of rotatable bonds is 3. The maximum Gasteiger partial charge on any atom is 0.122 e. The van der Waals surface area contributed by atoms with Crippen LogP contribution in [0.15, 0.2) is 18.2 Å². The second-order valence-corrected chi connectivity index (χ2v) is 4.19. The predicted octanol–water partition coefficient (Wildman–Crippen LogP) is 2.87. The van der Waals surface area contributed by atoms with Crippen molar-refractivity contribution in [2.75, 3.05) is 0 Å². The van der Waals surface area contributed by atoms with E-state index in [1.165, 1.54) is 11.1 Å². The Kier molecular flexibility index (Phi) is 3.88. The first-order chi connectivity index (χ1) is 7.06. The third-order valence-electron chi connectivity index (χ3n) is 2.46. The molecule has 0 spiro atoms. The lowest BCUT2D eigenvalue weighted by atomic mass is 9.96. The topological polar surface area (TPSA) is 35.8 Å². The zero-order valence-corrected chi connectivity index (χ0v) is 9.83. The van der Waals surface area contributed by atoms with Crippen LogP contribution in [-0.2, 0) is 0 Å². The first-order valence-corrected chi connectivity index (χ1v) is 5.28. The van der Waals surface area contributed by atoms with E-state index in [4.69, 9.17) is 5.26 Å². The predicted molar refractivity (Wildman–Crippen MR) is 62.5 cm³/mol. The molecular formula is C13H18N2. The molecule has 0 saturated heterocycles. The molecule has 0 radical (unpaired) electrons. The molecule has 0 bridgehead atoms. The third-order valence-corrected chi connectivity index (χ3v) is 2.46. The molecule has 0 aliphatic heterocycles. The SMILES string of the molecule is Cc1cccc(C)c1C(C#N)NC(C)C. The first kappa shape index (κ1) is 11.7. The van der Waals surface area contributed by atoms with Crippen molar-refractivity contribution in [3.63, 3.8) is 0 Å². The molecule has 0 fully saturated rings. The monoisotopic (exact) mass is 202 g/mol. The highest BCUT2D eigenvalue weighted by atomic mass is 14.9. The van der Waals surface area contributed by atoms with E-state index in [0.29, 0.717) is 6.04 Å². The van der Waals surface area contributed by atoms with E-state index in [0.717, 1.165) is 5.56 Å². The summed E-state index contributed by atoms with van der Waals surface area (Å²) in [5.41, 5.74) is 3.47. The van der Waals surface area contributed by atoms with Crippen molar-refractivity contribution in [1.29, 1.82) is 5.26 Å². The van der Waals surface area contributed by atoms with Crippen molar-refractivity contribution < 1.29 is 0 Å². The molecule has 1 unspecified atom stereocenters. The molecule has 0 amide bonds. The maximum atomic E-state index is 9.16. The van der Waals surface area contributed by atoms with Crippen molar-refractivity contribution in [2.24, 2.45) is 0 Å². The molecule has 0 aliphatic rings. The van der Waals surface area contributed by atoms with Gasteiger partial charge in [-0.2, -0.15) is 5.26 Å². The molecule has 0 heterocycles. The average Bonchev–Trinajstić information content (AvgIpc) is 2.15. The van der Waals surface area contributed by atoms with E-state index in [9.17, 15) is 0 Å². The van der Waals surface area contributed by atoms with Gasteiger partial charge in [0.05, 0.1) is 6.07 Å². The van der Waals surface area contributed by atoms with Crippen LogP contribution in [0.4, 0.5) is 0 Å². The van der Waals surface area contributed by atoms with E-state index >= 15 is 0 Å². The summed E-state index contributed by atoms with van der Waals surface area (Å²) in [5.74, 6) is 0. The van der Waals surface area contributed by atoms with E-state index in [2.05, 4.69) is 51.2 Å². The van der Waals surface area contributed by atoms with E-state index < -0.39 is 0 Å². The molecule has 1 rings (SSSR count). The Morgan fingerprint density at radius 3 is 2.13 bits per heavy atom. The molecule has 1 aromatic rings. The van der Waals surface area contributed by atoms with Crippen LogP contribution in [0.5, 0.6) is 0 Å². The Hall–Kier alpha value is -1.33. The van der Waals surface area contributed by atoms with Gasteiger partial charge in [-0.05, 0) is 44.4 Å². The van der Waals surface area contributed by atoms with Crippen molar-refractivity contribution in [2.45, 2.75) is 39.8 Å². The highest BCUT2D eigenvalue weighted by Crippen LogP contribution is 2.21. The molecule has 1 aromatic carbocycles. The van der Waals surface area contributed by atoms with Gasteiger partial charge in [-0.15, -0.1) is 0 Å². The van der Waals surface area contributed by atoms with Gasteiger partial charge in [0.1, 0.15) is 6.04 Å². The molecule has 0 aliphatic carbocycles. The first-order valence-electron chi connectivity index (χ1n) is 5.28. The minimum atomic E-state index is -0.203. The van der Waals surface area contributed by atoms with Crippen LogP contribution in [0.2, 0.25) is 0 Å². The lowest BCUT2D eigenvalue weighted by Gasteiger charge is -2.18. The average molecular weight is 202 g/mol. The second-order valence-electron chi connectivity index (χ2n) is 4.19. The van der Waals surface area contributed by atoms with Crippen molar-refractivity contribution in [3.8, 4) is 6.07 Å². The molecular weight excluding hydrogens is 184 g/mol. The molecule has 80 valence electrons. The lowest BCUT2D eigenvalue weighted by molar-refractivity contribution is 0.543. The van der Waals surface area contributed by atoms with Gasteiger partial charge in [0.15, 0.2) is 0 Å². The van der Waals surface area contributed by atoms with E-state index in [1.54, 1.807) is 0 Å². The summed E-state index contributed by atoms with van der Waals surface area (Å²) in [4.78, 5) is 0. The van der Waals surface area contributed by atoms with Crippen LogP contribution in [-0.4, -0.2) is 6.04 Å². The molecule has 2 heteroatoms. The Bertz CT molecular complexity index is 354. The van der Waals surface area contributed by atoms with Gasteiger partial charge in [-0.1, -0.05) is 18.2 Å². The maximum absolute atomic E-state index is 9.16. The largest absolute Gasteiger partial charge is 0.296 e. The van der Waals surface area contributed by atoms with Crippen molar-refractivity contribution >= 4 is 0 Å². The summed E-state index contributed by atoms with van der Waals surface area (Å²) in [7, 11) is 0. The second kappa shape index (κ2) is 4.95. The number of hydrogen-bond donors (Lipinski definition) is 1. The lowest BCUT2D eigenvalue weighted by Crippen LogP contribution is -2.28. The van der Waals surface area contributed by atoms with Gasteiger partial charge in [0.2, 0.25) is 0 Å². The minimum absolute atomic E-state index is 0.203. The van der Waals surface area contributed by atoms with Crippen LogP contribution in [0.1, 0.15) is 36.6 Å². The van der Waals surface area contributed by atoms with Crippen LogP contribution >= 0.6 is 0 Å². The number of aryl methyl sites for hydroxylation is 2. The fourth-order valence-corrected chi connectivity index (χ4v) is 1.80. The number of nitrogens with one attached hydrogen (secondary N) is 1. The number of benzene rings is 1. The Labute approximate surface area is 91.9 Å². The van der Waals surface area contributed by atoms with Gasteiger partial charge in [-0.25, -0.2) is 0 Å². The van der Waals surface area contributed by atoms with Crippen molar-refractivity contribution in [1.82, 2.24) is 5.32 Å². The highest BCUT2D eigenvalue weighted by molar-refractivity contribution is 5.38. The number of nitrogens with zero attached hydrogens (tertiary/aromatic N) is 1. The van der Waals surface area contributed by atoms with Crippen LogP contribution < -0.4 is 5.32 Å². The summed E-state index contributed by atoms with van der Waals surface area (Å²) in [6, 6.07) is 8.56. The molecule has 1 N–H and O–H groups in total. The fourth-order valence-electron chi connectivity index (χ4n) is 1.80. The Morgan fingerprint density at radius 1 is 1.20 bits per heavy atom. The molecule has 0 saturated carbocycles. The molecule has 1 atom stereocenters. The van der Waals surface area contributed by atoms with E-state index in [-0.39, 0.29) is 6.04 Å². The van der Waals surface area contributed by atoms with Crippen LogP contribution in [0, 0.1) is 25.2 Å². The number of nitriles is 1. The molecule has 0 aromatic heterocycles. The fraction of sp³-hybridized carbons (Fsp3) is 0.462. The highest BCUT2D eigenvalue weighted by Gasteiger charge is 2.15. The van der Waals surface area contributed by atoms with Gasteiger partial charge in [-0.3, -0.25) is 5.32 Å². The number of hydrogen-bond acceptors (Lipinski definition) is 2. The summed E-state index contributed by atoms with van der Waals surface area (Å²) >= 11 is 0. The summed E-state index contributed by atoms with van der Waals surface area (Å²) < 4.78 is 0. The summed E-state index contributed by atoms with van der Waals surface area (Å²) in [5, 5.41) is 12.4. The zero-order valence-electron chi connectivity index (χ0n) is 9.83. The van der Waals surface area contributed by atoms with Gasteiger partial charge < -0.3 is 0 Å². The Morgan fingerprint density at radius 2 is 1.73 bits per heavy atom. The summed E-state index contributed by atoms with van der Waals surface area (Å²) in [6.07, 6.45) is 0. The summed E-state index contributed by atoms with van der Waals surface area (Å²) in [6.45, 7) is 8.21. The van der Waals surface area contributed by atoms with Crippen LogP contribution in [0.3, 0.4) is 0 Å². The van der Waals surface area contributed by atoms with Gasteiger partial charge in [0, 0.05) is 6.04 Å². The minimum Gasteiger partial charge on any atom is -0.296 e. The molecule has 2 nitrogen and oxygen atoms in total. The molecule has 15 heavy (non-hydrogen) atoms. The zero-order chi connectivity index (χ0) is 11.4. The van der Waals surface area contributed by atoms with Gasteiger partial charge >= 0.3 is 0 Å². The van der Waals surface area contributed by atoms with Crippen molar-refractivity contribution in [3.05, 3.63) is 34.9 Å².